The van der Waals surface area contributed by atoms with Gasteiger partial charge in [0.2, 0.25) is 5.91 Å². The molecule has 0 bridgehead atoms. The van der Waals surface area contributed by atoms with Crippen LogP contribution in [0.15, 0.2) is 36.5 Å². The van der Waals surface area contributed by atoms with Crippen LogP contribution in [0, 0.1) is 0 Å². The van der Waals surface area contributed by atoms with E-state index in [9.17, 15) is 19.8 Å². The number of ether oxygens (including phenoxy) is 1. The van der Waals surface area contributed by atoms with Crippen molar-refractivity contribution in [2.75, 3.05) is 6.61 Å². The fourth-order valence-corrected chi connectivity index (χ4v) is 8.12. The molecule has 6 nitrogen and oxygen atoms in total. The summed E-state index contributed by atoms with van der Waals surface area (Å²) in [7, 11) is 0. The van der Waals surface area contributed by atoms with E-state index in [2.05, 4.69) is 62.5 Å². The lowest BCUT2D eigenvalue weighted by atomic mass is 10.0. The molecule has 0 spiro atoms. The Hall–Kier alpha value is -1.92. The zero-order valence-corrected chi connectivity index (χ0v) is 40.8. The molecule has 0 aliphatic heterocycles. The number of rotatable bonds is 48. The lowest BCUT2D eigenvalue weighted by Crippen LogP contribution is -2.46. The van der Waals surface area contributed by atoms with Crippen molar-refractivity contribution < 1.29 is 24.5 Å². The van der Waals surface area contributed by atoms with Crippen LogP contribution in [-0.2, 0) is 14.3 Å². The largest absolute Gasteiger partial charge is 0.462 e. The molecule has 0 fully saturated rings. The first-order valence-electron chi connectivity index (χ1n) is 26.7. The normalized spacial score (nSPS) is 13.5. The van der Waals surface area contributed by atoms with Crippen LogP contribution in [0.2, 0.25) is 0 Å². The third kappa shape index (κ3) is 44.5. The van der Waals surface area contributed by atoms with Crippen molar-refractivity contribution in [1.29, 1.82) is 0 Å². The van der Waals surface area contributed by atoms with Crippen molar-refractivity contribution in [1.82, 2.24) is 5.32 Å². The average Bonchev–Trinajstić information content (AvgIpc) is 3.25. The molecular formula is C55H103NO5. The Bertz CT molecular complexity index is 1010. The highest BCUT2D eigenvalue weighted by Gasteiger charge is 2.24. The van der Waals surface area contributed by atoms with E-state index in [1.54, 1.807) is 0 Å². The van der Waals surface area contributed by atoms with Gasteiger partial charge in [-0.05, 0) is 77.0 Å². The quantitative estimate of drug-likeness (QED) is 0.0245. The summed E-state index contributed by atoms with van der Waals surface area (Å²) < 4.78 is 5.92. The molecule has 61 heavy (non-hydrogen) atoms. The van der Waals surface area contributed by atoms with Gasteiger partial charge < -0.3 is 20.3 Å². The first-order valence-corrected chi connectivity index (χ1v) is 26.7. The molecule has 6 heteroatoms. The lowest BCUT2D eigenvalue weighted by molar-refractivity contribution is -0.151. The number of amides is 1. The molecule has 3 unspecified atom stereocenters. The molecule has 1 amide bonds. The van der Waals surface area contributed by atoms with E-state index in [1.165, 1.54) is 154 Å². The molecule has 0 saturated carbocycles. The summed E-state index contributed by atoms with van der Waals surface area (Å²) >= 11 is 0. The Morgan fingerprint density at radius 3 is 1.28 bits per heavy atom. The van der Waals surface area contributed by atoms with Crippen molar-refractivity contribution >= 4 is 11.9 Å². The van der Waals surface area contributed by atoms with Crippen LogP contribution in [0.4, 0.5) is 0 Å². The number of carbonyl (C=O) groups excluding carboxylic acids is 2. The minimum atomic E-state index is -0.792. The second-order valence-corrected chi connectivity index (χ2v) is 18.3. The number of unbranched alkanes of at least 4 members (excludes halogenated alkanes) is 31. The Labute approximate surface area is 379 Å². The van der Waals surface area contributed by atoms with Gasteiger partial charge in [0.1, 0.15) is 6.10 Å². The Kier molecular flexibility index (Phi) is 47.6. The van der Waals surface area contributed by atoms with Gasteiger partial charge in [0.25, 0.3) is 0 Å². The number of nitrogens with one attached hydrogen (secondary N) is 1. The number of carbonyl (C=O) groups is 2. The van der Waals surface area contributed by atoms with Gasteiger partial charge in [-0.3, -0.25) is 9.59 Å². The van der Waals surface area contributed by atoms with E-state index in [0.29, 0.717) is 19.3 Å². The minimum absolute atomic E-state index is 0.0635. The van der Waals surface area contributed by atoms with E-state index >= 15 is 0 Å². The first kappa shape index (κ1) is 59.1. The van der Waals surface area contributed by atoms with Gasteiger partial charge in [0.15, 0.2) is 0 Å². The summed E-state index contributed by atoms with van der Waals surface area (Å²) in [5.74, 6) is -0.504. The average molecular weight is 858 g/mol. The van der Waals surface area contributed by atoms with Crippen molar-refractivity contribution in [2.24, 2.45) is 0 Å². The van der Waals surface area contributed by atoms with Gasteiger partial charge >= 0.3 is 5.97 Å². The molecule has 3 atom stereocenters. The smallest absolute Gasteiger partial charge is 0.306 e. The number of hydrogen-bond acceptors (Lipinski definition) is 5. The number of hydrogen-bond donors (Lipinski definition) is 3. The summed E-state index contributed by atoms with van der Waals surface area (Å²) in [5.41, 5.74) is 0. The molecule has 3 N–H and O–H groups in total. The fraction of sp³-hybridized carbons (Fsp3) is 0.855. The van der Waals surface area contributed by atoms with Gasteiger partial charge in [-0.15, -0.1) is 0 Å². The third-order valence-electron chi connectivity index (χ3n) is 12.2. The molecule has 0 radical (unpaired) electrons. The molecule has 0 aliphatic carbocycles. The monoisotopic (exact) mass is 858 g/mol. The fourth-order valence-electron chi connectivity index (χ4n) is 8.12. The van der Waals surface area contributed by atoms with Crippen LogP contribution in [0.5, 0.6) is 0 Å². The van der Waals surface area contributed by atoms with Crippen LogP contribution >= 0.6 is 0 Å². The zero-order chi connectivity index (χ0) is 44.5. The minimum Gasteiger partial charge on any atom is -0.462 e. The summed E-state index contributed by atoms with van der Waals surface area (Å²) in [6.45, 7) is 6.47. The SMILES string of the molecule is CCCCCC/C=C\CCCCCCCC(CC(=O)NC(CO)C(O)CCCCCCCCCCCCCCC)OC(=O)CCCCC/C=C/C=C/CCCCCCCCC. The number of aliphatic hydroxyl groups is 2. The van der Waals surface area contributed by atoms with Crippen LogP contribution < -0.4 is 5.32 Å². The number of esters is 1. The van der Waals surface area contributed by atoms with Gasteiger partial charge in [0, 0.05) is 6.42 Å². The maximum absolute atomic E-state index is 13.2. The lowest BCUT2D eigenvalue weighted by Gasteiger charge is -2.24. The topological polar surface area (TPSA) is 95.9 Å². The highest BCUT2D eigenvalue weighted by molar-refractivity contribution is 5.77. The molecule has 0 saturated heterocycles. The van der Waals surface area contributed by atoms with E-state index in [1.807, 2.05) is 0 Å². The molecule has 0 aromatic rings. The Morgan fingerprint density at radius 1 is 0.475 bits per heavy atom. The van der Waals surface area contributed by atoms with Gasteiger partial charge in [0.05, 0.1) is 25.2 Å². The van der Waals surface area contributed by atoms with Gasteiger partial charge in [-0.25, -0.2) is 0 Å². The maximum Gasteiger partial charge on any atom is 0.306 e. The zero-order valence-electron chi connectivity index (χ0n) is 40.8. The molecule has 0 aromatic heterocycles. The van der Waals surface area contributed by atoms with Crippen molar-refractivity contribution in [3.05, 3.63) is 36.5 Å². The summed E-state index contributed by atoms with van der Waals surface area (Å²) in [6.07, 6.45) is 57.7. The van der Waals surface area contributed by atoms with Crippen LogP contribution in [0.1, 0.15) is 278 Å². The van der Waals surface area contributed by atoms with Crippen LogP contribution in [0.3, 0.4) is 0 Å². The molecule has 0 aliphatic rings. The van der Waals surface area contributed by atoms with E-state index in [0.717, 1.165) is 77.0 Å². The molecule has 358 valence electrons. The van der Waals surface area contributed by atoms with E-state index in [-0.39, 0.29) is 24.9 Å². The number of aliphatic hydroxyl groups excluding tert-OH is 2. The molecule has 0 rings (SSSR count). The van der Waals surface area contributed by atoms with Gasteiger partial charge in [-0.1, -0.05) is 224 Å². The predicted molar refractivity (Wildman–Crippen MR) is 264 cm³/mol. The van der Waals surface area contributed by atoms with Crippen LogP contribution in [0.25, 0.3) is 0 Å². The first-order chi connectivity index (χ1) is 30.0. The standard InChI is InChI=1S/C55H103NO5/c1-4-7-10-13-16-19-22-25-26-27-30-33-36-39-42-45-48-55(60)61-51(46-43-40-37-34-31-28-23-20-17-14-11-8-5-2)49-54(59)56-52(50-57)53(58)47-44-41-38-35-32-29-24-21-18-15-12-9-6-3/h20,23,26-27,30,33,51-53,57-58H,4-19,21-22,24-25,28-29,31-32,34-50H2,1-3H3,(H,56,59)/b23-20-,27-26+,33-30+. The van der Waals surface area contributed by atoms with Crippen molar-refractivity contribution in [3.8, 4) is 0 Å². The molecule has 0 heterocycles. The number of allylic oxidation sites excluding steroid dienone is 6. The highest BCUT2D eigenvalue weighted by Crippen LogP contribution is 2.18. The second kappa shape index (κ2) is 49.1. The Morgan fingerprint density at radius 2 is 0.836 bits per heavy atom. The predicted octanol–water partition coefficient (Wildman–Crippen LogP) is 16.1. The van der Waals surface area contributed by atoms with Crippen molar-refractivity contribution in [3.63, 3.8) is 0 Å². The Balaban J connectivity index is 4.60. The second-order valence-electron chi connectivity index (χ2n) is 18.3. The molecular weight excluding hydrogens is 755 g/mol. The van der Waals surface area contributed by atoms with Crippen LogP contribution in [-0.4, -0.2) is 46.9 Å². The maximum atomic E-state index is 13.2. The molecule has 0 aromatic carbocycles. The van der Waals surface area contributed by atoms with E-state index < -0.39 is 18.2 Å². The van der Waals surface area contributed by atoms with Gasteiger partial charge in [-0.2, -0.15) is 0 Å². The summed E-state index contributed by atoms with van der Waals surface area (Å²) in [5, 5.41) is 23.8. The van der Waals surface area contributed by atoms with Crippen molar-refractivity contribution in [2.45, 2.75) is 296 Å². The van der Waals surface area contributed by atoms with E-state index in [4.69, 9.17) is 4.74 Å². The summed E-state index contributed by atoms with van der Waals surface area (Å²) in [6, 6.07) is -0.707. The summed E-state index contributed by atoms with van der Waals surface area (Å²) in [4.78, 5) is 26.1. The third-order valence-corrected chi connectivity index (χ3v) is 12.2. The highest BCUT2D eigenvalue weighted by atomic mass is 16.5.